The van der Waals surface area contributed by atoms with Crippen molar-refractivity contribution < 1.29 is 9.59 Å². The predicted octanol–water partition coefficient (Wildman–Crippen LogP) is 0.998. The summed E-state index contributed by atoms with van der Waals surface area (Å²) in [4.78, 5) is 27.5. The summed E-state index contributed by atoms with van der Waals surface area (Å²) in [6.07, 6.45) is 0.803. The summed E-state index contributed by atoms with van der Waals surface area (Å²) in [5.74, 6) is -1.16. The molecular formula is C17H28N4O2. The van der Waals surface area contributed by atoms with Crippen molar-refractivity contribution in [3.8, 4) is 0 Å². The lowest BCUT2D eigenvalue weighted by Gasteiger charge is -2.25. The Hall–Kier alpha value is -2.08. The standard InChI is InChI=1S/C17H28N4O2/c1-6-11-18-16(22)17(23)19-12-15(21(4)5)13-7-9-14(10-8-13)20(2)3/h7-10,15H,6,11-12H2,1-5H3,(H,18,22)(H,19,23)/t15-/m0/s1. The molecule has 6 nitrogen and oxygen atoms in total. The highest BCUT2D eigenvalue weighted by molar-refractivity contribution is 6.35. The van der Waals surface area contributed by atoms with Crippen molar-refractivity contribution >= 4 is 17.5 Å². The van der Waals surface area contributed by atoms with Crippen LogP contribution in [-0.4, -0.2) is 58.0 Å². The smallest absolute Gasteiger partial charge is 0.309 e. The van der Waals surface area contributed by atoms with Gasteiger partial charge in [-0.2, -0.15) is 0 Å². The zero-order valence-electron chi connectivity index (χ0n) is 14.7. The van der Waals surface area contributed by atoms with E-state index >= 15 is 0 Å². The second-order valence-electron chi connectivity index (χ2n) is 5.93. The number of hydrogen-bond donors (Lipinski definition) is 2. The van der Waals surface area contributed by atoms with E-state index in [9.17, 15) is 9.59 Å². The molecule has 1 aromatic carbocycles. The van der Waals surface area contributed by atoms with Crippen molar-refractivity contribution in [3.63, 3.8) is 0 Å². The molecule has 0 fully saturated rings. The Morgan fingerprint density at radius 3 is 2.04 bits per heavy atom. The minimum atomic E-state index is -0.588. The Balaban J connectivity index is 2.68. The highest BCUT2D eigenvalue weighted by Gasteiger charge is 2.18. The number of carbonyl (C=O) groups is 2. The number of anilines is 1. The number of nitrogens with zero attached hydrogens (tertiary/aromatic N) is 2. The molecule has 0 aliphatic rings. The van der Waals surface area contributed by atoms with Gasteiger partial charge in [0.2, 0.25) is 0 Å². The first-order chi connectivity index (χ1) is 10.9. The van der Waals surface area contributed by atoms with Gasteiger partial charge in [0.25, 0.3) is 0 Å². The van der Waals surface area contributed by atoms with Gasteiger partial charge in [-0.15, -0.1) is 0 Å². The number of likely N-dealkylation sites (N-methyl/N-ethyl adjacent to an activating group) is 1. The van der Waals surface area contributed by atoms with Crippen molar-refractivity contribution in [3.05, 3.63) is 29.8 Å². The first-order valence-corrected chi connectivity index (χ1v) is 7.86. The predicted molar refractivity (Wildman–Crippen MR) is 93.5 cm³/mol. The fraction of sp³-hybridized carbons (Fsp3) is 0.529. The van der Waals surface area contributed by atoms with Crippen LogP contribution >= 0.6 is 0 Å². The van der Waals surface area contributed by atoms with E-state index < -0.39 is 11.8 Å². The maximum Gasteiger partial charge on any atom is 0.309 e. The van der Waals surface area contributed by atoms with E-state index in [2.05, 4.69) is 10.6 Å². The highest BCUT2D eigenvalue weighted by atomic mass is 16.2. The lowest BCUT2D eigenvalue weighted by molar-refractivity contribution is -0.139. The second-order valence-corrected chi connectivity index (χ2v) is 5.93. The normalized spacial score (nSPS) is 11.9. The van der Waals surface area contributed by atoms with E-state index in [1.807, 2.05) is 69.2 Å². The van der Waals surface area contributed by atoms with Crippen molar-refractivity contribution in [2.75, 3.05) is 46.2 Å². The molecule has 0 saturated heterocycles. The summed E-state index contributed by atoms with van der Waals surface area (Å²) >= 11 is 0. The van der Waals surface area contributed by atoms with E-state index in [0.29, 0.717) is 13.1 Å². The van der Waals surface area contributed by atoms with Crippen molar-refractivity contribution in [1.82, 2.24) is 15.5 Å². The third-order valence-electron chi connectivity index (χ3n) is 3.62. The fourth-order valence-electron chi connectivity index (χ4n) is 2.18. The molecule has 0 radical (unpaired) electrons. The van der Waals surface area contributed by atoms with E-state index in [-0.39, 0.29) is 6.04 Å². The molecule has 1 rings (SSSR count). The quantitative estimate of drug-likeness (QED) is 0.736. The Labute approximate surface area is 138 Å². The van der Waals surface area contributed by atoms with Crippen LogP contribution in [0.2, 0.25) is 0 Å². The maximum absolute atomic E-state index is 11.8. The summed E-state index contributed by atoms with van der Waals surface area (Å²) in [5.41, 5.74) is 2.21. The third kappa shape index (κ3) is 5.90. The van der Waals surface area contributed by atoms with E-state index in [0.717, 1.165) is 17.7 Å². The number of amides is 2. The van der Waals surface area contributed by atoms with Gasteiger partial charge in [0.05, 0.1) is 6.04 Å². The van der Waals surface area contributed by atoms with Crippen molar-refractivity contribution in [2.45, 2.75) is 19.4 Å². The summed E-state index contributed by atoms with van der Waals surface area (Å²) in [6, 6.07) is 8.18. The summed E-state index contributed by atoms with van der Waals surface area (Å²) in [5, 5.41) is 5.28. The Morgan fingerprint density at radius 2 is 1.57 bits per heavy atom. The molecule has 128 valence electrons. The molecule has 6 heteroatoms. The van der Waals surface area contributed by atoms with Crippen LogP contribution in [0.5, 0.6) is 0 Å². The van der Waals surface area contributed by atoms with Crippen LogP contribution in [0.15, 0.2) is 24.3 Å². The van der Waals surface area contributed by atoms with Crippen LogP contribution in [0.1, 0.15) is 24.9 Å². The molecule has 0 aliphatic carbocycles. The Morgan fingerprint density at radius 1 is 1.00 bits per heavy atom. The van der Waals surface area contributed by atoms with E-state index in [1.165, 1.54) is 0 Å². The molecule has 0 unspecified atom stereocenters. The van der Waals surface area contributed by atoms with Gasteiger partial charge in [-0.3, -0.25) is 9.59 Å². The monoisotopic (exact) mass is 320 g/mol. The van der Waals surface area contributed by atoms with Gasteiger partial charge in [0.15, 0.2) is 0 Å². The van der Waals surface area contributed by atoms with Gasteiger partial charge in [0.1, 0.15) is 0 Å². The Bertz CT molecular complexity index is 512. The van der Waals surface area contributed by atoms with Gasteiger partial charge >= 0.3 is 11.8 Å². The average Bonchev–Trinajstić information content (AvgIpc) is 2.52. The van der Waals surface area contributed by atoms with Gasteiger partial charge in [-0.25, -0.2) is 0 Å². The summed E-state index contributed by atoms with van der Waals surface area (Å²) < 4.78 is 0. The minimum Gasteiger partial charge on any atom is -0.378 e. The highest BCUT2D eigenvalue weighted by Crippen LogP contribution is 2.20. The molecule has 1 aromatic rings. The molecule has 23 heavy (non-hydrogen) atoms. The summed E-state index contributed by atoms with van der Waals surface area (Å²) in [7, 11) is 7.89. The average molecular weight is 320 g/mol. The van der Waals surface area contributed by atoms with Crippen LogP contribution in [0.25, 0.3) is 0 Å². The first kappa shape index (κ1) is 19.0. The zero-order valence-corrected chi connectivity index (χ0v) is 14.7. The number of benzene rings is 1. The lowest BCUT2D eigenvalue weighted by Crippen LogP contribution is -2.43. The molecule has 0 spiro atoms. The first-order valence-electron chi connectivity index (χ1n) is 7.86. The maximum atomic E-state index is 11.8. The largest absolute Gasteiger partial charge is 0.378 e. The lowest BCUT2D eigenvalue weighted by atomic mass is 10.1. The molecule has 0 aromatic heterocycles. The van der Waals surface area contributed by atoms with E-state index in [4.69, 9.17) is 0 Å². The topological polar surface area (TPSA) is 64.7 Å². The summed E-state index contributed by atoms with van der Waals surface area (Å²) in [6.45, 7) is 2.83. The number of hydrogen-bond acceptors (Lipinski definition) is 4. The minimum absolute atomic E-state index is 0.00846. The fourth-order valence-corrected chi connectivity index (χ4v) is 2.18. The molecule has 2 N–H and O–H groups in total. The molecule has 0 saturated carbocycles. The Kier molecular flexibility index (Phi) is 7.54. The number of carbonyl (C=O) groups excluding carboxylic acids is 2. The SMILES string of the molecule is CCCNC(=O)C(=O)NC[C@@H](c1ccc(N(C)C)cc1)N(C)C. The van der Waals surface area contributed by atoms with Crippen LogP contribution in [-0.2, 0) is 9.59 Å². The van der Waals surface area contributed by atoms with Crippen LogP contribution in [0.3, 0.4) is 0 Å². The van der Waals surface area contributed by atoms with Crippen molar-refractivity contribution in [1.29, 1.82) is 0 Å². The number of rotatable bonds is 7. The zero-order chi connectivity index (χ0) is 17.4. The third-order valence-corrected chi connectivity index (χ3v) is 3.62. The van der Waals surface area contributed by atoms with Gasteiger partial charge < -0.3 is 20.4 Å². The second kappa shape index (κ2) is 9.15. The van der Waals surface area contributed by atoms with Gasteiger partial charge in [-0.05, 0) is 38.2 Å². The molecule has 2 amide bonds. The van der Waals surface area contributed by atoms with E-state index in [1.54, 1.807) is 0 Å². The van der Waals surface area contributed by atoms with Crippen LogP contribution in [0.4, 0.5) is 5.69 Å². The van der Waals surface area contributed by atoms with Crippen molar-refractivity contribution in [2.24, 2.45) is 0 Å². The number of nitrogens with one attached hydrogen (secondary N) is 2. The molecular weight excluding hydrogens is 292 g/mol. The molecule has 1 atom stereocenters. The van der Waals surface area contributed by atoms with Crippen LogP contribution < -0.4 is 15.5 Å². The molecule has 0 aliphatic heterocycles. The molecule has 0 heterocycles. The van der Waals surface area contributed by atoms with Crippen LogP contribution in [0, 0.1) is 0 Å². The van der Waals surface area contributed by atoms with Gasteiger partial charge in [-0.1, -0.05) is 19.1 Å². The molecule has 0 bridgehead atoms. The van der Waals surface area contributed by atoms with Gasteiger partial charge in [0, 0.05) is 32.9 Å².